The number of hydrogen-bond acceptors (Lipinski definition) is 2. The number of benzene rings is 2. The SMILES string of the molecule is Cc1ccc(NC(=O)c2cnn(-c3ccccc3F)c2C)c(F)c1. The van der Waals surface area contributed by atoms with E-state index in [0.717, 1.165) is 5.56 Å². The molecule has 1 heterocycles. The molecule has 0 unspecified atom stereocenters. The summed E-state index contributed by atoms with van der Waals surface area (Å²) in [6.07, 6.45) is 1.34. The first-order valence-electron chi connectivity index (χ1n) is 7.34. The Bertz CT molecular complexity index is 918. The van der Waals surface area contributed by atoms with Crippen molar-refractivity contribution in [2.24, 2.45) is 0 Å². The third-order valence-corrected chi connectivity index (χ3v) is 3.71. The molecule has 0 aliphatic rings. The van der Waals surface area contributed by atoms with Gasteiger partial charge < -0.3 is 5.32 Å². The van der Waals surface area contributed by atoms with Crippen molar-refractivity contribution < 1.29 is 13.6 Å². The predicted octanol–water partition coefficient (Wildman–Crippen LogP) is 4.02. The molecule has 0 saturated heterocycles. The van der Waals surface area contributed by atoms with Crippen molar-refractivity contribution >= 4 is 11.6 Å². The van der Waals surface area contributed by atoms with E-state index < -0.39 is 17.5 Å². The molecule has 122 valence electrons. The van der Waals surface area contributed by atoms with Gasteiger partial charge in [-0.1, -0.05) is 18.2 Å². The van der Waals surface area contributed by atoms with Crippen molar-refractivity contribution in [1.29, 1.82) is 0 Å². The van der Waals surface area contributed by atoms with Crippen molar-refractivity contribution in [3.8, 4) is 5.69 Å². The molecule has 0 saturated carbocycles. The van der Waals surface area contributed by atoms with Crippen LogP contribution in [-0.2, 0) is 0 Å². The van der Waals surface area contributed by atoms with Crippen molar-refractivity contribution in [2.75, 3.05) is 5.32 Å². The van der Waals surface area contributed by atoms with Crippen molar-refractivity contribution in [2.45, 2.75) is 13.8 Å². The first-order valence-corrected chi connectivity index (χ1v) is 7.34. The van der Waals surface area contributed by atoms with Crippen molar-refractivity contribution in [3.63, 3.8) is 0 Å². The van der Waals surface area contributed by atoms with Gasteiger partial charge in [-0.15, -0.1) is 0 Å². The number of anilines is 1. The molecule has 4 nitrogen and oxygen atoms in total. The molecule has 1 aromatic heterocycles. The Hall–Kier alpha value is -3.02. The fourth-order valence-electron chi connectivity index (χ4n) is 2.41. The van der Waals surface area contributed by atoms with Crippen LogP contribution < -0.4 is 5.32 Å². The zero-order valence-corrected chi connectivity index (χ0v) is 13.2. The lowest BCUT2D eigenvalue weighted by Gasteiger charge is -2.08. The molecule has 3 aromatic rings. The molecule has 3 rings (SSSR count). The van der Waals surface area contributed by atoms with Crippen molar-refractivity contribution in [3.05, 3.63) is 77.1 Å². The van der Waals surface area contributed by atoms with Crippen LogP contribution in [0.1, 0.15) is 21.6 Å². The molecule has 24 heavy (non-hydrogen) atoms. The molecule has 0 aliphatic heterocycles. The molecule has 1 amide bonds. The summed E-state index contributed by atoms with van der Waals surface area (Å²) in [7, 11) is 0. The number of para-hydroxylation sites is 1. The number of rotatable bonds is 3. The van der Waals surface area contributed by atoms with Crippen LogP contribution in [0.2, 0.25) is 0 Å². The first-order chi connectivity index (χ1) is 11.5. The average Bonchev–Trinajstić information content (AvgIpc) is 2.92. The average molecular weight is 327 g/mol. The summed E-state index contributed by atoms with van der Waals surface area (Å²) < 4.78 is 29.1. The predicted molar refractivity (Wildman–Crippen MR) is 87.3 cm³/mol. The molecule has 0 atom stereocenters. The first kappa shape index (κ1) is 15.9. The van der Waals surface area contributed by atoms with Crippen molar-refractivity contribution in [1.82, 2.24) is 9.78 Å². The van der Waals surface area contributed by atoms with Crippen LogP contribution >= 0.6 is 0 Å². The van der Waals surface area contributed by atoms with Gasteiger partial charge in [0.25, 0.3) is 5.91 Å². The third kappa shape index (κ3) is 2.90. The normalized spacial score (nSPS) is 10.7. The molecule has 6 heteroatoms. The third-order valence-electron chi connectivity index (χ3n) is 3.71. The zero-order chi connectivity index (χ0) is 17.3. The Kier molecular flexibility index (Phi) is 4.12. The standard InChI is InChI=1S/C18H15F2N3O/c1-11-7-8-16(15(20)9-11)22-18(24)13-10-21-23(12(13)2)17-6-4-3-5-14(17)19/h3-10H,1-2H3,(H,22,24). The number of hydrogen-bond donors (Lipinski definition) is 1. The van der Waals surface area contributed by atoms with Gasteiger partial charge in [0.05, 0.1) is 23.1 Å². The number of carbonyl (C=O) groups is 1. The van der Waals surface area contributed by atoms with Gasteiger partial charge in [-0.25, -0.2) is 13.5 Å². The van der Waals surface area contributed by atoms with E-state index in [1.54, 1.807) is 38.1 Å². The number of aromatic nitrogens is 2. The smallest absolute Gasteiger partial charge is 0.259 e. The molecular formula is C18H15F2N3O. The number of nitrogens with one attached hydrogen (secondary N) is 1. The highest BCUT2D eigenvalue weighted by atomic mass is 19.1. The quantitative estimate of drug-likeness (QED) is 0.790. The maximum Gasteiger partial charge on any atom is 0.259 e. The highest BCUT2D eigenvalue weighted by Crippen LogP contribution is 2.20. The second kappa shape index (κ2) is 6.23. The Labute approximate surface area is 137 Å². The van der Waals surface area contributed by atoms with E-state index in [1.165, 1.54) is 29.1 Å². The van der Waals surface area contributed by atoms with E-state index in [4.69, 9.17) is 0 Å². The number of carbonyl (C=O) groups excluding carboxylic acids is 1. The van der Waals surface area contributed by atoms with Gasteiger partial charge in [-0.2, -0.15) is 5.10 Å². The zero-order valence-electron chi connectivity index (χ0n) is 13.2. The van der Waals surface area contributed by atoms with E-state index in [2.05, 4.69) is 10.4 Å². The second-order valence-corrected chi connectivity index (χ2v) is 5.44. The van der Waals surface area contributed by atoms with Gasteiger partial charge in [-0.3, -0.25) is 4.79 Å². The largest absolute Gasteiger partial charge is 0.319 e. The lowest BCUT2D eigenvalue weighted by molar-refractivity contribution is 0.102. The molecule has 0 fully saturated rings. The Morgan fingerprint density at radius 1 is 1.08 bits per heavy atom. The van der Waals surface area contributed by atoms with Crippen LogP contribution in [0, 0.1) is 25.5 Å². The van der Waals surface area contributed by atoms with Crippen LogP contribution in [0.4, 0.5) is 14.5 Å². The number of amides is 1. The summed E-state index contributed by atoms with van der Waals surface area (Å²) in [6, 6.07) is 10.7. The highest BCUT2D eigenvalue weighted by molar-refractivity contribution is 6.05. The monoisotopic (exact) mass is 327 g/mol. The van der Waals surface area contributed by atoms with E-state index in [-0.39, 0.29) is 16.9 Å². The Morgan fingerprint density at radius 3 is 2.54 bits per heavy atom. The van der Waals surface area contributed by atoms with E-state index >= 15 is 0 Å². The lowest BCUT2D eigenvalue weighted by atomic mass is 10.2. The second-order valence-electron chi connectivity index (χ2n) is 5.44. The molecule has 2 aromatic carbocycles. The van der Waals surface area contributed by atoms with Gasteiger partial charge in [-0.05, 0) is 43.7 Å². The molecule has 0 bridgehead atoms. The minimum atomic E-state index is -0.512. The van der Waals surface area contributed by atoms with Gasteiger partial charge in [0.1, 0.15) is 17.3 Å². The summed E-state index contributed by atoms with van der Waals surface area (Å²) in [5, 5.41) is 6.58. The summed E-state index contributed by atoms with van der Waals surface area (Å²) in [5.74, 6) is -1.46. The van der Waals surface area contributed by atoms with Gasteiger partial charge in [0, 0.05) is 0 Å². The molecule has 1 N–H and O–H groups in total. The number of nitrogens with zero attached hydrogens (tertiary/aromatic N) is 2. The summed E-state index contributed by atoms with van der Waals surface area (Å²) >= 11 is 0. The van der Waals surface area contributed by atoms with E-state index in [9.17, 15) is 13.6 Å². The van der Waals surface area contributed by atoms with E-state index in [0.29, 0.717) is 5.69 Å². The number of aryl methyl sites for hydroxylation is 1. The molecule has 0 spiro atoms. The minimum absolute atomic E-state index is 0.0867. The van der Waals surface area contributed by atoms with Gasteiger partial charge in [0.15, 0.2) is 0 Å². The summed E-state index contributed by atoms with van der Waals surface area (Å²) in [5.41, 5.74) is 1.80. The van der Waals surface area contributed by atoms with Crippen LogP contribution in [0.3, 0.4) is 0 Å². The highest BCUT2D eigenvalue weighted by Gasteiger charge is 2.18. The van der Waals surface area contributed by atoms with E-state index in [1.807, 2.05) is 0 Å². The minimum Gasteiger partial charge on any atom is -0.319 e. The molecule has 0 aliphatic carbocycles. The fraction of sp³-hybridized carbons (Fsp3) is 0.111. The fourth-order valence-corrected chi connectivity index (χ4v) is 2.41. The maximum atomic E-state index is 13.9. The Morgan fingerprint density at radius 2 is 1.83 bits per heavy atom. The van der Waals surface area contributed by atoms with Crippen LogP contribution in [0.25, 0.3) is 5.69 Å². The lowest BCUT2D eigenvalue weighted by Crippen LogP contribution is -2.14. The molecule has 0 radical (unpaired) electrons. The number of halogens is 2. The van der Waals surface area contributed by atoms with Crippen LogP contribution in [-0.4, -0.2) is 15.7 Å². The topological polar surface area (TPSA) is 46.9 Å². The summed E-state index contributed by atoms with van der Waals surface area (Å²) in [4.78, 5) is 12.4. The molecular weight excluding hydrogens is 312 g/mol. The Balaban J connectivity index is 1.91. The van der Waals surface area contributed by atoms with Crippen LogP contribution in [0.5, 0.6) is 0 Å². The van der Waals surface area contributed by atoms with Crippen LogP contribution in [0.15, 0.2) is 48.7 Å². The maximum absolute atomic E-state index is 13.9. The van der Waals surface area contributed by atoms with Gasteiger partial charge >= 0.3 is 0 Å². The summed E-state index contributed by atoms with van der Waals surface area (Å²) in [6.45, 7) is 3.41. The van der Waals surface area contributed by atoms with Gasteiger partial charge in [0.2, 0.25) is 0 Å².